The van der Waals surface area contributed by atoms with Crippen molar-refractivity contribution in [2.45, 2.75) is 19.4 Å². The topological polar surface area (TPSA) is 89.1 Å². The van der Waals surface area contributed by atoms with Crippen LogP contribution < -0.4 is 11.1 Å². The Morgan fingerprint density at radius 1 is 1.26 bits per heavy atom. The van der Waals surface area contributed by atoms with E-state index >= 15 is 0 Å². The molecule has 0 aliphatic carbocycles. The SMILES string of the molecule is CN1CCC(C(=O)NCc2cccc(-c3cc4nc(N)c5ncn(C)c5c4s3)c2)CC1. The molecule has 5 rings (SSSR count). The molecule has 0 bridgehead atoms. The number of nitrogen functional groups attached to an aromatic ring is 1. The lowest BCUT2D eigenvalue weighted by molar-refractivity contribution is -0.126. The molecule has 1 fully saturated rings. The zero-order valence-electron chi connectivity index (χ0n) is 17.8. The summed E-state index contributed by atoms with van der Waals surface area (Å²) in [5.74, 6) is 0.747. The second kappa shape index (κ2) is 7.94. The molecule has 3 aromatic heterocycles. The Bertz CT molecular complexity index is 1270. The third kappa shape index (κ3) is 3.77. The predicted octanol–water partition coefficient (Wildman–Crippen LogP) is 3.39. The number of carbonyl (C=O) groups is 1. The minimum Gasteiger partial charge on any atom is -0.382 e. The number of rotatable bonds is 4. The van der Waals surface area contributed by atoms with Gasteiger partial charge in [-0.1, -0.05) is 18.2 Å². The van der Waals surface area contributed by atoms with Gasteiger partial charge in [0.05, 0.1) is 22.1 Å². The predicted molar refractivity (Wildman–Crippen MR) is 126 cm³/mol. The molecular formula is C23H26N6OS. The molecule has 4 heterocycles. The van der Waals surface area contributed by atoms with E-state index in [1.165, 1.54) is 0 Å². The summed E-state index contributed by atoms with van der Waals surface area (Å²) in [4.78, 5) is 24.9. The van der Waals surface area contributed by atoms with Crippen LogP contribution in [0.3, 0.4) is 0 Å². The zero-order valence-corrected chi connectivity index (χ0v) is 18.6. The number of nitrogens with one attached hydrogen (secondary N) is 1. The van der Waals surface area contributed by atoms with Gasteiger partial charge < -0.3 is 20.5 Å². The number of aromatic nitrogens is 3. The molecule has 1 saturated heterocycles. The quantitative estimate of drug-likeness (QED) is 0.514. The van der Waals surface area contributed by atoms with E-state index in [1.807, 2.05) is 17.7 Å². The van der Waals surface area contributed by atoms with E-state index in [0.717, 1.165) is 63.2 Å². The molecule has 31 heavy (non-hydrogen) atoms. The summed E-state index contributed by atoms with van der Waals surface area (Å²) in [7, 11) is 4.08. The van der Waals surface area contributed by atoms with E-state index in [1.54, 1.807) is 17.7 Å². The van der Waals surface area contributed by atoms with Crippen molar-refractivity contribution in [3.8, 4) is 10.4 Å². The van der Waals surface area contributed by atoms with Crippen molar-refractivity contribution in [3.63, 3.8) is 0 Å². The number of pyridine rings is 1. The third-order valence-electron chi connectivity index (χ3n) is 6.12. The normalized spacial score (nSPS) is 15.7. The molecule has 0 spiro atoms. The molecule has 0 unspecified atom stereocenters. The number of nitrogens with two attached hydrogens (primary N) is 1. The molecule has 1 aliphatic heterocycles. The fourth-order valence-corrected chi connectivity index (χ4v) is 5.47. The van der Waals surface area contributed by atoms with Crippen LogP contribution in [0, 0.1) is 5.92 Å². The smallest absolute Gasteiger partial charge is 0.223 e. The van der Waals surface area contributed by atoms with E-state index in [0.29, 0.717) is 12.4 Å². The van der Waals surface area contributed by atoms with E-state index in [-0.39, 0.29) is 11.8 Å². The van der Waals surface area contributed by atoms with Gasteiger partial charge in [-0.2, -0.15) is 0 Å². The summed E-state index contributed by atoms with van der Waals surface area (Å²) in [5, 5.41) is 3.13. The number of anilines is 1. The van der Waals surface area contributed by atoms with Gasteiger partial charge in [0, 0.05) is 24.4 Å². The van der Waals surface area contributed by atoms with Gasteiger partial charge in [-0.25, -0.2) is 9.97 Å². The van der Waals surface area contributed by atoms with Crippen LogP contribution in [0.15, 0.2) is 36.7 Å². The van der Waals surface area contributed by atoms with E-state index < -0.39 is 0 Å². The number of fused-ring (bicyclic) bond motifs is 3. The maximum atomic E-state index is 12.6. The van der Waals surface area contributed by atoms with Crippen molar-refractivity contribution >= 4 is 44.3 Å². The van der Waals surface area contributed by atoms with Gasteiger partial charge in [-0.05, 0) is 56.2 Å². The lowest BCUT2D eigenvalue weighted by atomic mass is 9.96. The number of imidazole rings is 1. The molecule has 1 amide bonds. The number of benzene rings is 1. The highest BCUT2D eigenvalue weighted by Crippen LogP contribution is 2.38. The highest BCUT2D eigenvalue weighted by Gasteiger charge is 2.23. The summed E-state index contributed by atoms with van der Waals surface area (Å²) in [6, 6.07) is 10.4. The molecule has 7 nitrogen and oxygen atoms in total. The van der Waals surface area contributed by atoms with E-state index in [4.69, 9.17) is 5.73 Å². The molecule has 0 radical (unpaired) electrons. The summed E-state index contributed by atoms with van der Waals surface area (Å²) in [6.45, 7) is 2.52. The molecule has 160 valence electrons. The summed E-state index contributed by atoms with van der Waals surface area (Å²) >= 11 is 1.69. The average Bonchev–Trinajstić information content (AvgIpc) is 3.37. The first-order chi connectivity index (χ1) is 15.0. The van der Waals surface area contributed by atoms with Crippen LogP contribution in [0.2, 0.25) is 0 Å². The summed E-state index contributed by atoms with van der Waals surface area (Å²) in [5.41, 5.74) is 11.0. The molecule has 0 saturated carbocycles. The molecule has 3 N–H and O–H groups in total. The Morgan fingerprint density at radius 2 is 2.06 bits per heavy atom. The monoisotopic (exact) mass is 434 g/mol. The summed E-state index contributed by atoms with van der Waals surface area (Å²) in [6.07, 6.45) is 3.64. The van der Waals surface area contributed by atoms with Crippen molar-refractivity contribution in [1.29, 1.82) is 0 Å². The molecule has 8 heteroatoms. The highest BCUT2D eigenvalue weighted by molar-refractivity contribution is 7.23. The number of nitrogens with zero attached hydrogens (tertiary/aromatic N) is 4. The van der Waals surface area contributed by atoms with Crippen LogP contribution in [-0.4, -0.2) is 45.5 Å². The standard InChI is InChI=1S/C23H26N6OS/c1-28-8-6-15(7-9-28)23(30)25-12-14-4-3-5-16(10-14)18-11-17-21(31-18)20-19(22(24)27-17)26-13-29(20)2/h3-5,10-11,13,15H,6-9,12H2,1-2H3,(H2,24,27)(H,25,30). The fraction of sp³-hybridized carbons (Fsp3) is 0.348. The number of hydrogen-bond donors (Lipinski definition) is 2. The number of thiophene rings is 1. The van der Waals surface area contributed by atoms with Gasteiger partial charge in [0.1, 0.15) is 5.52 Å². The minimum atomic E-state index is 0.125. The first-order valence-electron chi connectivity index (χ1n) is 10.5. The Kier molecular flexibility index (Phi) is 5.11. The van der Waals surface area contributed by atoms with E-state index in [9.17, 15) is 4.79 Å². The lowest BCUT2D eigenvalue weighted by Crippen LogP contribution is -2.38. The summed E-state index contributed by atoms with van der Waals surface area (Å²) < 4.78 is 3.07. The van der Waals surface area contributed by atoms with Crippen molar-refractivity contribution in [3.05, 3.63) is 42.2 Å². The van der Waals surface area contributed by atoms with E-state index in [2.05, 4.69) is 51.5 Å². The highest BCUT2D eigenvalue weighted by atomic mass is 32.1. The number of hydrogen-bond acceptors (Lipinski definition) is 6. The molecule has 0 atom stereocenters. The maximum Gasteiger partial charge on any atom is 0.223 e. The fourth-order valence-electron chi connectivity index (χ4n) is 4.28. The number of aryl methyl sites for hydroxylation is 1. The first-order valence-corrected chi connectivity index (χ1v) is 11.4. The molecule has 1 aliphatic rings. The van der Waals surface area contributed by atoms with Crippen molar-refractivity contribution < 1.29 is 4.79 Å². The van der Waals surface area contributed by atoms with Gasteiger partial charge in [0.15, 0.2) is 5.82 Å². The van der Waals surface area contributed by atoms with Crippen LogP contribution >= 0.6 is 11.3 Å². The average molecular weight is 435 g/mol. The van der Waals surface area contributed by atoms with Crippen molar-refractivity contribution in [2.75, 3.05) is 25.9 Å². The van der Waals surface area contributed by atoms with Crippen molar-refractivity contribution in [2.24, 2.45) is 13.0 Å². The Balaban J connectivity index is 1.37. The van der Waals surface area contributed by atoms with Gasteiger partial charge >= 0.3 is 0 Å². The minimum absolute atomic E-state index is 0.125. The number of carbonyl (C=O) groups excluding carboxylic acids is 1. The lowest BCUT2D eigenvalue weighted by Gasteiger charge is -2.28. The molecule has 4 aromatic rings. The van der Waals surface area contributed by atoms with Gasteiger partial charge in [-0.3, -0.25) is 4.79 Å². The van der Waals surface area contributed by atoms with Crippen LogP contribution in [0.1, 0.15) is 18.4 Å². The Hall–Kier alpha value is -2.97. The maximum absolute atomic E-state index is 12.6. The van der Waals surface area contributed by atoms with Gasteiger partial charge in [0.25, 0.3) is 0 Å². The van der Waals surface area contributed by atoms with Crippen LogP contribution in [0.5, 0.6) is 0 Å². The Labute approximate surface area is 184 Å². The third-order valence-corrected chi connectivity index (χ3v) is 7.30. The second-order valence-corrected chi connectivity index (χ2v) is 9.42. The largest absolute Gasteiger partial charge is 0.382 e. The van der Waals surface area contributed by atoms with Crippen LogP contribution in [0.25, 0.3) is 31.7 Å². The van der Waals surface area contributed by atoms with Gasteiger partial charge in [0.2, 0.25) is 5.91 Å². The zero-order chi connectivity index (χ0) is 21.5. The number of likely N-dealkylation sites (tertiary alicyclic amines) is 1. The van der Waals surface area contributed by atoms with Gasteiger partial charge in [-0.15, -0.1) is 11.3 Å². The van der Waals surface area contributed by atoms with Crippen LogP contribution in [0.4, 0.5) is 5.82 Å². The first kappa shape index (κ1) is 20.0. The number of amides is 1. The number of piperidine rings is 1. The molecular weight excluding hydrogens is 408 g/mol. The van der Waals surface area contributed by atoms with Crippen LogP contribution in [-0.2, 0) is 18.4 Å². The molecule has 1 aromatic carbocycles. The van der Waals surface area contributed by atoms with Crippen molar-refractivity contribution in [1.82, 2.24) is 24.8 Å². The Morgan fingerprint density at radius 3 is 2.87 bits per heavy atom. The second-order valence-electron chi connectivity index (χ2n) is 8.37.